The number of aliphatic hydroxyl groups is 1. The van der Waals surface area contributed by atoms with Crippen molar-refractivity contribution in [1.29, 1.82) is 0 Å². The molecular formula is C23H17ClN2O3S. The Morgan fingerprint density at radius 1 is 1.00 bits per heavy atom. The fourth-order valence-electron chi connectivity index (χ4n) is 4.04. The van der Waals surface area contributed by atoms with Crippen LogP contribution in [-0.4, -0.2) is 28.1 Å². The van der Waals surface area contributed by atoms with Crippen LogP contribution in [0.2, 0.25) is 5.02 Å². The summed E-state index contributed by atoms with van der Waals surface area (Å²) in [6.07, 6.45) is 2.50. The molecule has 0 saturated heterocycles. The SMILES string of the molecule is O=C1NC(=O)C(c2cn(CCCO)c3ccccc23)=C1c1csc2ccc(Cl)cc12. The molecule has 2 N–H and O–H groups in total. The van der Waals surface area contributed by atoms with Crippen molar-refractivity contribution in [2.24, 2.45) is 0 Å². The molecule has 5 nitrogen and oxygen atoms in total. The van der Waals surface area contributed by atoms with Gasteiger partial charge in [0.1, 0.15) is 0 Å². The summed E-state index contributed by atoms with van der Waals surface area (Å²) >= 11 is 7.71. The van der Waals surface area contributed by atoms with Gasteiger partial charge in [-0.15, -0.1) is 11.3 Å². The van der Waals surface area contributed by atoms with Gasteiger partial charge in [0, 0.05) is 61.9 Å². The van der Waals surface area contributed by atoms with Crippen LogP contribution in [-0.2, 0) is 16.1 Å². The molecule has 0 radical (unpaired) electrons. The second-order valence-corrected chi connectivity index (χ2v) is 8.50. The van der Waals surface area contributed by atoms with Crippen molar-refractivity contribution in [1.82, 2.24) is 9.88 Å². The second kappa shape index (κ2) is 7.40. The van der Waals surface area contributed by atoms with Crippen molar-refractivity contribution >= 4 is 66.9 Å². The Morgan fingerprint density at radius 3 is 2.57 bits per heavy atom. The number of fused-ring (bicyclic) bond motifs is 2. The van der Waals surface area contributed by atoms with Gasteiger partial charge >= 0.3 is 0 Å². The van der Waals surface area contributed by atoms with E-state index in [2.05, 4.69) is 5.32 Å². The van der Waals surface area contributed by atoms with Gasteiger partial charge < -0.3 is 9.67 Å². The van der Waals surface area contributed by atoms with Crippen molar-refractivity contribution < 1.29 is 14.7 Å². The number of benzene rings is 2. The number of carbonyl (C=O) groups is 2. The highest BCUT2D eigenvalue weighted by Crippen LogP contribution is 2.40. The van der Waals surface area contributed by atoms with E-state index in [0.29, 0.717) is 40.3 Å². The minimum absolute atomic E-state index is 0.0798. The lowest BCUT2D eigenvalue weighted by molar-refractivity contribution is -0.122. The van der Waals surface area contributed by atoms with Crippen LogP contribution in [0.1, 0.15) is 17.5 Å². The van der Waals surface area contributed by atoms with E-state index in [-0.39, 0.29) is 6.61 Å². The number of nitrogens with zero attached hydrogens (tertiary/aromatic N) is 1. The van der Waals surface area contributed by atoms with E-state index in [9.17, 15) is 14.7 Å². The fourth-order valence-corrected chi connectivity index (χ4v) is 5.14. The molecule has 1 aliphatic rings. The Balaban J connectivity index is 1.79. The lowest BCUT2D eigenvalue weighted by Gasteiger charge is -2.03. The molecule has 3 heterocycles. The van der Waals surface area contributed by atoms with E-state index in [1.807, 2.05) is 58.6 Å². The zero-order valence-electron chi connectivity index (χ0n) is 15.8. The first kappa shape index (κ1) is 19.1. The van der Waals surface area contributed by atoms with Gasteiger partial charge in [0.05, 0.1) is 11.1 Å². The number of rotatable bonds is 5. The summed E-state index contributed by atoms with van der Waals surface area (Å²) in [5.41, 5.74) is 3.13. The Bertz CT molecular complexity index is 1370. The van der Waals surface area contributed by atoms with Crippen LogP contribution >= 0.6 is 22.9 Å². The monoisotopic (exact) mass is 436 g/mol. The molecule has 1 aliphatic heterocycles. The first-order valence-corrected chi connectivity index (χ1v) is 10.8. The van der Waals surface area contributed by atoms with Crippen LogP contribution in [0.3, 0.4) is 0 Å². The first-order chi connectivity index (χ1) is 14.6. The Labute approximate surface area is 181 Å². The Kier molecular flexibility index (Phi) is 4.70. The van der Waals surface area contributed by atoms with E-state index >= 15 is 0 Å². The Hall–Kier alpha value is -2.93. The predicted molar refractivity (Wildman–Crippen MR) is 120 cm³/mol. The minimum Gasteiger partial charge on any atom is -0.396 e. The predicted octanol–water partition coefficient (Wildman–Crippen LogP) is 4.46. The molecule has 0 bridgehead atoms. The van der Waals surface area contributed by atoms with Crippen molar-refractivity contribution in [3.8, 4) is 0 Å². The number of hydrogen-bond donors (Lipinski definition) is 2. The van der Waals surface area contributed by atoms with Gasteiger partial charge in [0.2, 0.25) is 0 Å². The van der Waals surface area contributed by atoms with Crippen LogP contribution in [0.15, 0.2) is 54.0 Å². The zero-order valence-corrected chi connectivity index (χ0v) is 17.4. The van der Waals surface area contributed by atoms with Gasteiger partial charge in [0.15, 0.2) is 0 Å². The molecule has 7 heteroatoms. The van der Waals surface area contributed by atoms with Gasteiger partial charge in [-0.1, -0.05) is 29.8 Å². The van der Waals surface area contributed by atoms with E-state index in [0.717, 1.165) is 21.0 Å². The third-order valence-corrected chi connectivity index (χ3v) is 6.55. The molecule has 0 fully saturated rings. The lowest BCUT2D eigenvalue weighted by atomic mass is 9.95. The molecule has 0 saturated carbocycles. The number of aliphatic hydroxyl groups excluding tert-OH is 1. The van der Waals surface area contributed by atoms with Gasteiger partial charge in [0.25, 0.3) is 11.8 Å². The largest absolute Gasteiger partial charge is 0.396 e. The van der Waals surface area contributed by atoms with Crippen LogP contribution < -0.4 is 5.32 Å². The standard InChI is InChI=1S/C23H17ClN2O3S/c24-13-6-7-19-15(10-13)17(12-30-19)21-20(22(28)25-23(21)29)16-11-26(8-3-9-27)18-5-2-1-4-14(16)18/h1-2,4-7,10-12,27H,3,8-9H2,(H,25,28,29). The Morgan fingerprint density at radius 2 is 1.77 bits per heavy atom. The van der Waals surface area contributed by atoms with Crippen molar-refractivity contribution in [2.75, 3.05) is 6.61 Å². The molecule has 0 aliphatic carbocycles. The van der Waals surface area contributed by atoms with Gasteiger partial charge in [-0.05, 0) is 30.7 Å². The summed E-state index contributed by atoms with van der Waals surface area (Å²) in [7, 11) is 0. The fraction of sp³-hybridized carbons (Fsp3) is 0.130. The van der Waals surface area contributed by atoms with E-state index in [1.165, 1.54) is 11.3 Å². The third kappa shape index (κ3) is 2.96. The van der Waals surface area contributed by atoms with Gasteiger partial charge in [-0.25, -0.2) is 0 Å². The summed E-state index contributed by atoms with van der Waals surface area (Å²) in [5.74, 6) is -0.802. The number of halogens is 1. The molecular weight excluding hydrogens is 420 g/mol. The minimum atomic E-state index is -0.401. The number of aryl methyl sites for hydroxylation is 1. The highest BCUT2D eigenvalue weighted by molar-refractivity contribution is 7.17. The molecule has 2 aromatic heterocycles. The summed E-state index contributed by atoms with van der Waals surface area (Å²) in [6.45, 7) is 0.697. The van der Waals surface area contributed by atoms with Crippen LogP contribution in [0.5, 0.6) is 0 Å². The van der Waals surface area contributed by atoms with Crippen LogP contribution in [0, 0.1) is 0 Å². The number of para-hydroxylation sites is 1. The summed E-state index contributed by atoms with van der Waals surface area (Å²) in [4.78, 5) is 25.8. The molecule has 0 spiro atoms. The van der Waals surface area contributed by atoms with Crippen molar-refractivity contribution in [3.05, 3.63) is 70.2 Å². The van der Waals surface area contributed by atoms with Crippen molar-refractivity contribution in [2.45, 2.75) is 13.0 Å². The normalized spacial score (nSPS) is 14.3. The van der Waals surface area contributed by atoms with Crippen LogP contribution in [0.25, 0.3) is 32.1 Å². The average molecular weight is 437 g/mol. The molecule has 150 valence electrons. The summed E-state index contributed by atoms with van der Waals surface area (Å²) in [5, 5.41) is 15.9. The number of carbonyl (C=O) groups excluding carboxylic acids is 2. The maximum atomic E-state index is 12.9. The molecule has 0 unspecified atom stereocenters. The topological polar surface area (TPSA) is 71.3 Å². The van der Waals surface area contributed by atoms with E-state index < -0.39 is 11.8 Å². The number of amides is 2. The maximum Gasteiger partial charge on any atom is 0.259 e. The maximum absolute atomic E-state index is 12.9. The van der Waals surface area contributed by atoms with E-state index in [1.54, 1.807) is 0 Å². The third-order valence-electron chi connectivity index (χ3n) is 5.35. The number of thiophene rings is 1. The van der Waals surface area contributed by atoms with Crippen LogP contribution in [0.4, 0.5) is 0 Å². The summed E-state index contributed by atoms with van der Waals surface area (Å²) < 4.78 is 3.02. The van der Waals surface area contributed by atoms with Gasteiger partial charge in [-0.3, -0.25) is 14.9 Å². The number of hydrogen-bond acceptors (Lipinski definition) is 4. The van der Waals surface area contributed by atoms with Gasteiger partial charge in [-0.2, -0.15) is 0 Å². The molecule has 0 atom stereocenters. The highest BCUT2D eigenvalue weighted by atomic mass is 35.5. The highest BCUT2D eigenvalue weighted by Gasteiger charge is 2.35. The van der Waals surface area contributed by atoms with E-state index in [4.69, 9.17) is 11.6 Å². The number of imide groups is 1. The molecule has 5 rings (SSSR count). The zero-order chi connectivity index (χ0) is 20.8. The molecule has 30 heavy (non-hydrogen) atoms. The quantitative estimate of drug-likeness (QED) is 0.454. The molecule has 2 aromatic carbocycles. The first-order valence-electron chi connectivity index (χ1n) is 9.54. The molecule has 4 aromatic rings. The second-order valence-electron chi connectivity index (χ2n) is 7.15. The average Bonchev–Trinajstić information content (AvgIpc) is 3.39. The number of aromatic nitrogens is 1. The lowest BCUT2D eigenvalue weighted by Crippen LogP contribution is -2.22. The summed E-state index contributed by atoms with van der Waals surface area (Å²) in [6, 6.07) is 13.3. The number of nitrogens with one attached hydrogen (secondary N) is 1. The molecule has 2 amide bonds. The smallest absolute Gasteiger partial charge is 0.259 e. The van der Waals surface area contributed by atoms with Crippen molar-refractivity contribution in [3.63, 3.8) is 0 Å².